The van der Waals surface area contributed by atoms with Gasteiger partial charge in [0.25, 0.3) is 0 Å². The zero-order chi connectivity index (χ0) is 16.0. The van der Waals surface area contributed by atoms with Crippen molar-refractivity contribution in [2.24, 2.45) is 0 Å². The van der Waals surface area contributed by atoms with Gasteiger partial charge in [0.2, 0.25) is 5.95 Å². The number of aromatic nitrogens is 2. The molecule has 8 heteroatoms. The van der Waals surface area contributed by atoms with Crippen LogP contribution in [-0.2, 0) is 6.18 Å². The minimum atomic E-state index is -4.49. The first-order valence-electron chi connectivity index (χ1n) is 6.83. The third-order valence-electron chi connectivity index (χ3n) is 2.76. The molecule has 1 aromatic rings. The van der Waals surface area contributed by atoms with Gasteiger partial charge in [0, 0.05) is 18.7 Å². The third kappa shape index (κ3) is 6.16. The Morgan fingerprint density at radius 2 is 1.95 bits per heavy atom. The Morgan fingerprint density at radius 1 is 1.29 bits per heavy atom. The van der Waals surface area contributed by atoms with Crippen molar-refractivity contribution in [2.75, 3.05) is 37.8 Å². The smallest absolute Gasteiger partial charge is 0.367 e. The standard InChI is InChI=1S/C13H22F3N5/c1-5-17-12-19-10(13(14,15)16)8-11(20-12)18-9(2)6-7-21(3)4/h8-9H,5-7H2,1-4H3,(H2,17,18,19,20). The van der Waals surface area contributed by atoms with E-state index in [9.17, 15) is 13.2 Å². The van der Waals surface area contributed by atoms with Gasteiger partial charge in [0.15, 0.2) is 5.69 Å². The molecule has 0 aromatic carbocycles. The molecule has 21 heavy (non-hydrogen) atoms. The lowest BCUT2D eigenvalue weighted by atomic mass is 10.2. The second kappa shape index (κ2) is 7.44. The van der Waals surface area contributed by atoms with E-state index in [1.165, 1.54) is 0 Å². The van der Waals surface area contributed by atoms with Gasteiger partial charge in [-0.25, -0.2) is 4.98 Å². The predicted octanol–water partition coefficient (Wildman–Crippen LogP) is 2.68. The summed E-state index contributed by atoms with van der Waals surface area (Å²) in [5.41, 5.74) is -0.948. The lowest BCUT2D eigenvalue weighted by Crippen LogP contribution is -2.24. The number of anilines is 2. The van der Waals surface area contributed by atoms with Crippen molar-refractivity contribution >= 4 is 11.8 Å². The average molecular weight is 305 g/mol. The van der Waals surface area contributed by atoms with Gasteiger partial charge in [-0.15, -0.1) is 0 Å². The Morgan fingerprint density at radius 3 is 2.48 bits per heavy atom. The van der Waals surface area contributed by atoms with Crippen LogP contribution in [0.4, 0.5) is 24.9 Å². The molecule has 0 amide bonds. The SMILES string of the molecule is CCNc1nc(NC(C)CCN(C)C)cc(C(F)(F)F)n1. The molecule has 120 valence electrons. The fourth-order valence-electron chi connectivity index (χ4n) is 1.68. The zero-order valence-corrected chi connectivity index (χ0v) is 12.8. The van der Waals surface area contributed by atoms with E-state index in [4.69, 9.17) is 0 Å². The number of rotatable bonds is 7. The first-order valence-corrected chi connectivity index (χ1v) is 6.83. The summed E-state index contributed by atoms with van der Waals surface area (Å²) >= 11 is 0. The molecule has 0 saturated carbocycles. The van der Waals surface area contributed by atoms with Crippen molar-refractivity contribution in [1.82, 2.24) is 14.9 Å². The fourth-order valence-corrected chi connectivity index (χ4v) is 1.68. The maximum Gasteiger partial charge on any atom is 0.433 e. The number of halogens is 3. The molecule has 1 heterocycles. The summed E-state index contributed by atoms with van der Waals surface area (Å²) in [6.45, 7) is 4.98. The average Bonchev–Trinajstić information content (AvgIpc) is 2.35. The summed E-state index contributed by atoms with van der Waals surface area (Å²) in [6, 6.07) is 0.949. The normalized spacial score (nSPS) is 13.3. The van der Waals surface area contributed by atoms with Crippen LogP contribution in [0.3, 0.4) is 0 Å². The molecule has 1 aromatic heterocycles. The van der Waals surface area contributed by atoms with Gasteiger partial charge in [0.05, 0.1) is 0 Å². The van der Waals surface area contributed by atoms with Crippen LogP contribution in [0.5, 0.6) is 0 Å². The van der Waals surface area contributed by atoms with Crippen molar-refractivity contribution in [2.45, 2.75) is 32.5 Å². The van der Waals surface area contributed by atoms with Gasteiger partial charge in [-0.05, 0) is 40.9 Å². The third-order valence-corrected chi connectivity index (χ3v) is 2.76. The molecule has 1 atom stereocenters. The van der Waals surface area contributed by atoms with Crippen LogP contribution in [0.25, 0.3) is 0 Å². The lowest BCUT2D eigenvalue weighted by molar-refractivity contribution is -0.141. The van der Waals surface area contributed by atoms with Gasteiger partial charge in [-0.1, -0.05) is 0 Å². The minimum absolute atomic E-state index is 0.0119. The molecule has 2 N–H and O–H groups in total. The Kier molecular flexibility index (Phi) is 6.19. The molecule has 0 spiro atoms. The van der Waals surface area contributed by atoms with Crippen molar-refractivity contribution in [3.05, 3.63) is 11.8 Å². The first-order chi connectivity index (χ1) is 9.72. The van der Waals surface area contributed by atoms with E-state index >= 15 is 0 Å². The van der Waals surface area contributed by atoms with Crippen molar-refractivity contribution < 1.29 is 13.2 Å². The van der Waals surface area contributed by atoms with Crippen molar-refractivity contribution in [3.63, 3.8) is 0 Å². The van der Waals surface area contributed by atoms with Crippen LogP contribution in [0.15, 0.2) is 6.07 Å². The molecule has 0 radical (unpaired) electrons. The molecule has 0 aliphatic rings. The molecular weight excluding hydrogens is 283 g/mol. The minimum Gasteiger partial charge on any atom is -0.367 e. The Balaban J connectivity index is 2.87. The van der Waals surface area contributed by atoms with E-state index in [1.807, 2.05) is 25.9 Å². The van der Waals surface area contributed by atoms with Crippen LogP contribution < -0.4 is 10.6 Å². The number of nitrogens with zero attached hydrogens (tertiary/aromatic N) is 3. The highest BCUT2D eigenvalue weighted by molar-refractivity contribution is 5.43. The van der Waals surface area contributed by atoms with Crippen LogP contribution in [0.2, 0.25) is 0 Å². The topological polar surface area (TPSA) is 53.1 Å². The molecular formula is C13H22F3N5. The molecule has 0 bridgehead atoms. The van der Waals surface area contributed by atoms with Gasteiger partial charge in [-0.3, -0.25) is 0 Å². The first kappa shape index (κ1) is 17.5. The number of hydrogen-bond acceptors (Lipinski definition) is 5. The maximum atomic E-state index is 12.8. The second-order valence-corrected chi connectivity index (χ2v) is 5.13. The van der Waals surface area contributed by atoms with E-state index in [0.29, 0.717) is 6.54 Å². The second-order valence-electron chi connectivity index (χ2n) is 5.13. The van der Waals surface area contributed by atoms with E-state index in [1.54, 1.807) is 6.92 Å². The summed E-state index contributed by atoms with van der Waals surface area (Å²) < 4.78 is 38.5. The van der Waals surface area contributed by atoms with Gasteiger partial charge in [-0.2, -0.15) is 18.2 Å². The van der Waals surface area contributed by atoms with E-state index in [0.717, 1.165) is 19.0 Å². The summed E-state index contributed by atoms with van der Waals surface area (Å²) in [6.07, 6.45) is -3.69. The van der Waals surface area contributed by atoms with Crippen LogP contribution in [0, 0.1) is 0 Å². The van der Waals surface area contributed by atoms with Crippen molar-refractivity contribution in [3.8, 4) is 0 Å². The Hall–Kier alpha value is -1.57. The lowest BCUT2D eigenvalue weighted by Gasteiger charge is -2.18. The Bertz CT molecular complexity index is 448. The molecule has 1 rings (SSSR count). The highest BCUT2D eigenvalue weighted by atomic mass is 19.4. The molecule has 0 saturated heterocycles. The molecule has 0 aliphatic carbocycles. The predicted molar refractivity (Wildman–Crippen MR) is 77.5 cm³/mol. The highest BCUT2D eigenvalue weighted by Gasteiger charge is 2.33. The molecule has 1 unspecified atom stereocenters. The number of alkyl halides is 3. The van der Waals surface area contributed by atoms with E-state index in [-0.39, 0.29) is 17.8 Å². The Labute approximate surface area is 123 Å². The van der Waals surface area contributed by atoms with Crippen LogP contribution in [0.1, 0.15) is 26.0 Å². The molecule has 0 fully saturated rings. The summed E-state index contributed by atoms with van der Waals surface area (Å²) in [5.74, 6) is 0.161. The van der Waals surface area contributed by atoms with E-state index < -0.39 is 11.9 Å². The van der Waals surface area contributed by atoms with Crippen LogP contribution in [-0.4, -0.2) is 48.1 Å². The van der Waals surface area contributed by atoms with Crippen molar-refractivity contribution in [1.29, 1.82) is 0 Å². The van der Waals surface area contributed by atoms with Gasteiger partial charge in [0.1, 0.15) is 5.82 Å². The van der Waals surface area contributed by atoms with E-state index in [2.05, 4.69) is 20.6 Å². The van der Waals surface area contributed by atoms with Gasteiger partial charge < -0.3 is 15.5 Å². The monoisotopic (exact) mass is 305 g/mol. The zero-order valence-electron chi connectivity index (χ0n) is 12.8. The summed E-state index contributed by atoms with van der Waals surface area (Å²) in [5, 5.41) is 5.70. The molecule has 5 nitrogen and oxygen atoms in total. The van der Waals surface area contributed by atoms with Gasteiger partial charge >= 0.3 is 6.18 Å². The maximum absolute atomic E-state index is 12.8. The van der Waals surface area contributed by atoms with Crippen LogP contribution >= 0.6 is 0 Å². The fraction of sp³-hybridized carbons (Fsp3) is 0.692. The quantitative estimate of drug-likeness (QED) is 0.811. The summed E-state index contributed by atoms with van der Waals surface area (Å²) in [7, 11) is 3.89. The number of nitrogens with one attached hydrogen (secondary N) is 2. The number of hydrogen-bond donors (Lipinski definition) is 2. The summed E-state index contributed by atoms with van der Waals surface area (Å²) in [4.78, 5) is 9.55. The molecule has 0 aliphatic heterocycles. The highest BCUT2D eigenvalue weighted by Crippen LogP contribution is 2.29. The largest absolute Gasteiger partial charge is 0.433 e.